The highest BCUT2D eigenvalue weighted by Gasteiger charge is 2.22. The van der Waals surface area contributed by atoms with Crippen molar-refractivity contribution in [2.75, 3.05) is 37.6 Å². The number of carbonyl (C=O) groups excluding carboxylic acids is 1. The molecule has 0 atom stereocenters. The maximum absolute atomic E-state index is 13.6. The van der Waals surface area contributed by atoms with E-state index in [-0.39, 0.29) is 11.8 Å². The van der Waals surface area contributed by atoms with Gasteiger partial charge in [-0.3, -0.25) is 0 Å². The summed E-state index contributed by atoms with van der Waals surface area (Å²) in [5.41, 5.74) is 2.92. The van der Waals surface area contributed by atoms with E-state index in [1.807, 2.05) is 18.2 Å². The minimum atomic E-state index is -0.229. The number of hydrogen-bond acceptors (Lipinski definition) is 2. The Bertz CT molecular complexity index is 775. The number of halogens is 2. The molecule has 1 saturated heterocycles. The Hall–Kier alpha value is -2.27. The zero-order valence-corrected chi connectivity index (χ0v) is 15.6. The molecule has 4 nitrogen and oxygen atoms in total. The highest BCUT2D eigenvalue weighted by atomic mass is 35.5. The fourth-order valence-electron chi connectivity index (χ4n) is 3.19. The number of piperazine rings is 1. The maximum atomic E-state index is 13.6. The molecule has 26 heavy (non-hydrogen) atoms. The number of nitrogens with zero attached hydrogens (tertiary/aromatic N) is 2. The monoisotopic (exact) mass is 375 g/mol. The van der Waals surface area contributed by atoms with E-state index < -0.39 is 0 Å². The van der Waals surface area contributed by atoms with Crippen molar-refractivity contribution in [3.05, 3.63) is 64.4 Å². The number of nitrogens with one attached hydrogen (secondary N) is 1. The molecule has 3 rings (SSSR count). The van der Waals surface area contributed by atoms with Gasteiger partial charge in [0.2, 0.25) is 0 Å². The molecule has 1 aliphatic rings. The molecule has 0 bridgehead atoms. The molecule has 138 valence electrons. The van der Waals surface area contributed by atoms with Crippen LogP contribution in [-0.2, 0) is 6.42 Å². The van der Waals surface area contributed by atoms with Crippen molar-refractivity contribution in [1.82, 2.24) is 10.2 Å². The van der Waals surface area contributed by atoms with Crippen molar-refractivity contribution in [3.63, 3.8) is 0 Å². The molecule has 0 saturated carbocycles. The maximum Gasteiger partial charge on any atom is 0.317 e. The summed E-state index contributed by atoms with van der Waals surface area (Å²) in [5, 5.41) is 3.61. The number of aryl methyl sites for hydroxylation is 1. The lowest BCUT2D eigenvalue weighted by Gasteiger charge is -2.36. The molecule has 2 aromatic carbocycles. The van der Waals surface area contributed by atoms with Crippen LogP contribution in [0.5, 0.6) is 0 Å². The van der Waals surface area contributed by atoms with Crippen LogP contribution in [0.4, 0.5) is 14.9 Å². The predicted octanol–water partition coefficient (Wildman–Crippen LogP) is 3.86. The summed E-state index contributed by atoms with van der Waals surface area (Å²) < 4.78 is 13.6. The molecule has 0 spiro atoms. The van der Waals surface area contributed by atoms with Crippen molar-refractivity contribution < 1.29 is 9.18 Å². The Labute approximate surface area is 158 Å². The number of carbonyl (C=O) groups is 1. The van der Waals surface area contributed by atoms with Gasteiger partial charge in [-0.2, -0.15) is 0 Å². The van der Waals surface area contributed by atoms with Gasteiger partial charge in [0.15, 0.2) is 0 Å². The SMILES string of the molecule is Cc1ccc(Cl)cc1N1CCN(C(=O)NCCc2ccccc2F)CC1. The van der Waals surface area contributed by atoms with Crippen LogP contribution in [0.15, 0.2) is 42.5 Å². The standard InChI is InChI=1S/C20H23ClFN3O/c1-15-6-7-17(21)14-19(15)24-10-12-25(13-11-24)20(26)23-9-8-16-4-2-3-5-18(16)22/h2-7,14H,8-13H2,1H3,(H,23,26). The van der Waals surface area contributed by atoms with Crippen LogP contribution >= 0.6 is 11.6 Å². The van der Waals surface area contributed by atoms with E-state index in [9.17, 15) is 9.18 Å². The second-order valence-electron chi connectivity index (χ2n) is 6.48. The Morgan fingerprint density at radius 1 is 1.15 bits per heavy atom. The lowest BCUT2D eigenvalue weighted by molar-refractivity contribution is 0.194. The quantitative estimate of drug-likeness (QED) is 0.880. The normalized spacial score (nSPS) is 14.4. The second-order valence-corrected chi connectivity index (χ2v) is 6.91. The number of urea groups is 1. The molecule has 1 fully saturated rings. The molecule has 2 amide bonds. The topological polar surface area (TPSA) is 35.6 Å². The Morgan fingerprint density at radius 2 is 1.88 bits per heavy atom. The van der Waals surface area contributed by atoms with Gasteiger partial charge in [-0.15, -0.1) is 0 Å². The van der Waals surface area contributed by atoms with E-state index in [0.717, 1.165) is 23.8 Å². The highest BCUT2D eigenvalue weighted by molar-refractivity contribution is 6.30. The van der Waals surface area contributed by atoms with Gasteiger partial charge >= 0.3 is 6.03 Å². The molecule has 1 N–H and O–H groups in total. The molecule has 0 aromatic heterocycles. The Balaban J connectivity index is 1.48. The van der Waals surface area contributed by atoms with Crippen LogP contribution in [-0.4, -0.2) is 43.7 Å². The van der Waals surface area contributed by atoms with Crippen molar-refractivity contribution >= 4 is 23.3 Å². The van der Waals surface area contributed by atoms with E-state index in [1.165, 1.54) is 11.6 Å². The molecule has 1 aliphatic heterocycles. The van der Waals surface area contributed by atoms with Gasteiger partial charge in [0, 0.05) is 43.4 Å². The van der Waals surface area contributed by atoms with Crippen molar-refractivity contribution in [3.8, 4) is 0 Å². The lowest BCUT2D eigenvalue weighted by atomic mass is 10.1. The van der Waals surface area contributed by atoms with Gasteiger partial charge in [-0.05, 0) is 42.7 Å². The van der Waals surface area contributed by atoms with E-state index in [0.29, 0.717) is 31.6 Å². The summed E-state index contributed by atoms with van der Waals surface area (Å²) in [6.45, 7) is 5.32. The highest BCUT2D eigenvalue weighted by Crippen LogP contribution is 2.25. The second kappa shape index (κ2) is 8.41. The van der Waals surface area contributed by atoms with Gasteiger partial charge in [-0.1, -0.05) is 35.9 Å². The summed E-state index contributed by atoms with van der Waals surface area (Å²) in [6, 6.07) is 12.4. The van der Waals surface area contributed by atoms with Gasteiger partial charge in [0.25, 0.3) is 0 Å². The number of anilines is 1. The number of amides is 2. The van der Waals surface area contributed by atoms with Crippen molar-refractivity contribution in [2.24, 2.45) is 0 Å². The fraction of sp³-hybridized carbons (Fsp3) is 0.350. The first-order chi connectivity index (χ1) is 12.5. The van der Waals surface area contributed by atoms with E-state index in [2.05, 4.69) is 17.1 Å². The minimum absolute atomic E-state index is 0.0937. The van der Waals surface area contributed by atoms with Gasteiger partial charge < -0.3 is 15.1 Å². The minimum Gasteiger partial charge on any atom is -0.368 e. The Kier molecular flexibility index (Phi) is 5.99. The first-order valence-electron chi connectivity index (χ1n) is 8.82. The molecule has 2 aromatic rings. The van der Waals surface area contributed by atoms with Crippen LogP contribution < -0.4 is 10.2 Å². The summed E-state index contributed by atoms with van der Waals surface area (Å²) >= 11 is 6.11. The van der Waals surface area contributed by atoms with Gasteiger partial charge in [-0.25, -0.2) is 9.18 Å². The molecular weight excluding hydrogens is 353 g/mol. The average molecular weight is 376 g/mol. The molecule has 6 heteroatoms. The summed E-state index contributed by atoms with van der Waals surface area (Å²) in [5.74, 6) is -0.229. The zero-order chi connectivity index (χ0) is 18.5. The van der Waals surface area contributed by atoms with Gasteiger partial charge in [0.05, 0.1) is 0 Å². The van der Waals surface area contributed by atoms with Crippen LogP contribution in [0.2, 0.25) is 5.02 Å². The van der Waals surface area contributed by atoms with E-state index >= 15 is 0 Å². The van der Waals surface area contributed by atoms with Crippen LogP contribution in [0, 0.1) is 12.7 Å². The molecule has 1 heterocycles. The Morgan fingerprint density at radius 3 is 2.62 bits per heavy atom. The largest absolute Gasteiger partial charge is 0.368 e. The van der Waals surface area contributed by atoms with E-state index in [1.54, 1.807) is 23.1 Å². The first kappa shape index (κ1) is 18.5. The van der Waals surface area contributed by atoms with Gasteiger partial charge in [0.1, 0.15) is 5.82 Å². The number of hydrogen-bond donors (Lipinski definition) is 1. The third-order valence-electron chi connectivity index (χ3n) is 4.71. The lowest BCUT2D eigenvalue weighted by Crippen LogP contribution is -2.52. The van der Waals surface area contributed by atoms with Crippen LogP contribution in [0.3, 0.4) is 0 Å². The molecular formula is C20H23ClFN3O. The average Bonchev–Trinajstić information content (AvgIpc) is 2.65. The third-order valence-corrected chi connectivity index (χ3v) is 4.94. The third kappa shape index (κ3) is 4.47. The predicted molar refractivity (Wildman–Crippen MR) is 103 cm³/mol. The molecule has 0 aliphatic carbocycles. The smallest absolute Gasteiger partial charge is 0.317 e. The summed E-state index contributed by atoms with van der Waals surface area (Å²) in [4.78, 5) is 16.4. The number of rotatable bonds is 4. The van der Waals surface area contributed by atoms with E-state index in [4.69, 9.17) is 11.6 Å². The summed E-state index contributed by atoms with van der Waals surface area (Å²) in [7, 11) is 0. The molecule has 0 unspecified atom stereocenters. The first-order valence-corrected chi connectivity index (χ1v) is 9.19. The van der Waals surface area contributed by atoms with Crippen molar-refractivity contribution in [1.29, 1.82) is 0 Å². The van der Waals surface area contributed by atoms with Crippen LogP contribution in [0.1, 0.15) is 11.1 Å². The van der Waals surface area contributed by atoms with Crippen molar-refractivity contribution in [2.45, 2.75) is 13.3 Å². The molecule has 0 radical (unpaired) electrons. The fourth-order valence-corrected chi connectivity index (χ4v) is 3.36. The number of benzene rings is 2. The zero-order valence-electron chi connectivity index (χ0n) is 14.8. The summed E-state index contributed by atoms with van der Waals surface area (Å²) in [6.07, 6.45) is 0.486. The van der Waals surface area contributed by atoms with Crippen LogP contribution in [0.25, 0.3) is 0 Å².